The minimum absolute atomic E-state index is 0.00597. The maximum atomic E-state index is 14.9. The summed E-state index contributed by atoms with van der Waals surface area (Å²) in [5.74, 6) is -0.677. The maximum absolute atomic E-state index is 14.9. The van der Waals surface area contributed by atoms with Gasteiger partial charge in [-0.25, -0.2) is 9.18 Å². The molecule has 1 atom stereocenters. The Morgan fingerprint density at radius 2 is 2.06 bits per heavy atom. The molecule has 1 unspecified atom stereocenters. The Bertz CT molecular complexity index is 989. The number of likely N-dealkylation sites (tertiary alicyclic amines) is 1. The number of alkyl halides is 1. The first-order valence-corrected chi connectivity index (χ1v) is 10.9. The number of carbonyl (C=O) groups is 1. The average molecular weight is 427 g/mol. The van der Waals surface area contributed by atoms with Crippen LogP contribution in [0.5, 0.6) is 5.75 Å². The van der Waals surface area contributed by atoms with Crippen molar-refractivity contribution in [1.29, 1.82) is 0 Å². The van der Waals surface area contributed by atoms with Gasteiger partial charge in [0, 0.05) is 25.2 Å². The largest absolute Gasteiger partial charge is 0.489 e. The highest BCUT2D eigenvalue weighted by molar-refractivity contribution is 5.90. The number of rotatable bonds is 7. The van der Waals surface area contributed by atoms with Crippen molar-refractivity contribution in [2.45, 2.75) is 38.2 Å². The lowest BCUT2D eigenvalue weighted by atomic mass is 9.92. The van der Waals surface area contributed by atoms with Crippen molar-refractivity contribution >= 4 is 11.5 Å². The zero-order valence-electron chi connectivity index (χ0n) is 17.4. The predicted octanol–water partition coefficient (Wildman–Crippen LogP) is 5.10. The van der Waals surface area contributed by atoms with Gasteiger partial charge < -0.3 is 9.84 Å². The van der Waals surface area contributed by atoms with Gasteiger partial charge in [-0.05, 0) is 79.1 Å². The molecule has 0 saturated carbocycles. The lowest BCUT2D eigenvalue weighted by Crippen LogP contribution is -2.26. The molecule has 1 aliphatic heterocycles. The molecule has 1 aliphatic carbocycles. The number of halogens is 2. The van der Waals surface area contributed by atoms with Crippen molar-refractivity contribution in [1.82, 2.24) is 4.90 Å². The number of allylic oxidation sites excluding steroid dienone is 1. The summed E-state index contributed by atoms with van der Waals surface area (Å²) >= 11 is 0. The van der Waals surface area contributed by atoms with Gasteiger partial charge in [-0.3, -0.25) is 9.29 Å². The highest BCUT2D eigenvalue weighted by atomic mass is 19.1. The van der Waals surface area contributed by atoms with Crippen LogP contribution in [0, 0.1) is 5.82 Å². The van der Waals surface area contributed by atoms with Gasteiger partial charge in [0.25, 0.3) is 0 Å². The van der Waals surface area contributed by atoms with Crippen molar-refractivity contribution in [3.63, 3.8) is 0 Å². The fourth-order valence-electron chi connectivity index (χ4n) is 4.46. The Hall–Kier alpha value is -2.73. The number of hydrogen-bond donors (Lipinski definition) is 1. The number of nitrogens with zero attached hydrogens (tertiary/aromatic N) is 1. The monoisotopic (exact) mass is 427 g/mol. The molecule has 0 radical (unpaired) electrons. The van der Waals surface area contributed by atoms with Crippen LogP contribution < -0.4 is 4.74 Å². The van der Waals surface area contributed by atoms with E-state index < -0.39 is 5.97 Å². The van der Waals surface area contributed by atoms with E-state index in [4.69, 9.17) is 4.74 Å². The molecule has 1 fully saturated rings. The first-order valence-electron chi connectivity index (χ1n) is 10.9. The van der Waals surface area contributed by atoms with Gasteiger partial charge in [0.2, 0.25) is 0 Å². The fourth-order valence-corrected chi connectivity index (χ4v) is 4.46. The van der Waals surface area contributed by atoms with Crippen LogP contribution in [-0.2, 0) is 6.42 Å². The van der Waals surface area contributed by atoms with Gasteiger partial charge in [-0.15, -0.1) is 0 Å². The highest BCUT2D eigenvalue weighted by Crippen LogP contribution is 2.35. The van der Waals surface area contributed by atoms with E-state index in [-0.39, 0.29) is 24.2 Å². The third-order valence-electron chi connectivity index (χ3n) is 6.01. The fraction of sp³-hybridized carbons (Fsp3) is 0.400. The molecule has 0 amide bonds. The topological polar surface area (TPSA) is 49.8 Å². The van der Waals surface area contributed by atoms with Gasteiger partial charge in [-0.2, -0.15) is 0 Å². The second-order valence-electron chi connectivity index (χ2n) is 8.20. The van der Waals surface area contributed by atoms with Crippen molar-refractivity contribution in [3.05, 3.63) is 70.5 Å². The molecule has 0 bridgehead atoms. The van der Waals surface area contributed by atoms with Gasteiger partial charge in [-0.1, -0.05) is 12.1 Å². The van der Waals surface area contributed by atoms with E-state index in [2.05, 4.69) is 4.90 Å². The van der Waals surface area contributed by atoms with Crippen molar-refractivity contribution in [2.75, 3.05) is 26.3 Å². The predicted molar refractivity (Wildman–Crippen MR) is 116 cm³/mol. The molecule has 6 heteroatoms. The molecule has 164 valence electrons. The number of aromatic carboxylic acids is 1. The minimum Gasteiger partial charge on any atom is -0.489 e. The summed E-state index contributed by atoms with van der Waals surface area (Å²) in [6.45, 7) is 2.04. The van der Waals surface area contributed by atoms with Crippen LogP contribution in [0.25, 0.3) is 5.57 Å². The summed E-state index contributed by atoms with van der Waals surface area (Å²) in [5.41, 5.74) is 3.29. The number of ether oxygens (including phenoxy) is 1. The zero-order chi connectivity index (χ0) is 21.8. The third-order valence-corrected chi connectivity index (χ3v) is 6.01. The van der Waals surface area contributed by atoms with Gasteiger partial charge in [0.15, 0.2) is 0 Å². The molecular weight excluding hydrogens is 400 g/mol. The number of hydrogen-bond acceptors (Lipinski definition) is 3. The van der Waals surface area contributed by atoms with E-state index in [9.17, 15) is 18.7 Å². The molecule has 2 aromatic rings. The summed E-state index contributed by atoms with van der Waals surface area (Å²) in [4.78, 5) is 13.5. The second kappa shape index (κ2) is 9.60. The van der Waals surface area contributed by atoms with Crippen molar-refractivity contribution in [2.24, 2.45) is 0 Å². The maximum Gasteiger partial charge on any atom is 0.335 e. The number of aryl methyl sites for hydroxylation is 1. The Morgan fingerprint density at radius 1 is 1.19 bits per heavy atom. The second-order valence-corrected chi connectivity index (χ2v) is 8.20. The first kappa shape index (κ1) is 21.5. The summed E-state index contributed by atoms with van der Waals surface area (Å²) < 4.78 is 33.4. The summed E-state index contributed by atoms with van der Waals surface area (Å²) in [7, 11) is 0. The third kappa shape index (κ3) is 4.96. The Balaban J connectivity index is 1.58. The van der Waals surface area contributed by atoms with Crippen LogP contribution in [0.3, 0.4) is 0 Å². The molecule has 4 nitrogen and oxygen atoms in total. The van der Waals surface area contributed by atoms with Crippen molar-refractivity contribution in [3.8, 4) is 5.75 Å². The summed E-state index contributed by atoms with van der Waals surface area (Å²) in [5, 5.41) is 9.31. The Labute approximate surface area is 181 Å². The molecule has 2 aliphatic rings. The van der Waals surface area contributed by atoms with E-state index in [1.165, 1.54) is 6.07 Å². The quantitative estimate of drug-likeness (QED) is 0.668. The normalized spacial score (nSPS) is 18.9. The molecule has 4 rings (SSSR count). The van der Waals surface area contributed by atoms with E-state index >= 15 is 0 Å². The number of benzene rings is 2. The van der Waals surface area contributed by atoms with E-state index in [0.717, 1.165) is 62.0 Å². The van der Waals surface area contributed by atoms with Gasteiger partial charge in [0.05, 0.1) is 12.2 Å². The zero-order valence-corrected chi connectivity index (χ0v) is 17.4. The van der Waals surface area contributed by atoms with Crippen molar-refractivity contribution < 1.29 is 23.4 Å². The first-order chi connectivity index (χ1) is 15.0. The van der Waals surface area contributed by atoms with Crippen LogP contribution in [0.4, 0.5) is 8.78 Å². The molecule has 1 N–H and O–H groups in total. The van der Waals surface area contributed by atoms with E-state index in [0.29, 0.717) is 17.7 Å². The SMILES string of the molecule is O=C(O)c1ccc2c(c1)CCCC=C2c1cc(OC2CCN(CCCF)C2)ccc1F. The van der Waals surface area contributed by atoms with Crippen LogP contribution in [0.2, 0.25) is 0 Å². The summed E-state index contributed by atoms with van der Waals surface area (Å²) in [6, 6.07) is 9.86. The molecule has 1 saturated heterocycles. The summed E-state index contributed by atoms with van der Waals surface area (Å²) in [6.07, 6.45) is 5.87. The number of carboxylic acids is 1. The van der Waals surface area contributed by atoms with E-state index in [1.807, 2.05) is 6.08 Å². The van der Waals surface area contributed by atoms with Crippen LogP contribution >= 0.6 is 0 Å². The van der Waals surface area contributed by atoms with Crippen LogP contribution in [0.15, 0.2) is 42.5 Å². The standard InChI is InChI=1S/C25H27F2NO3/c26-11-3-12-28-13-10-20(16-28)31-19-7-9-24(27)23(15-19)22-5-2-1-4-17-14-18(25(29)30)6-8-21(17)22/h5-9,14-15,20H,1-4,10-13,16H2,(H,29,30). The Kier molecular flexibility index (Phi) is 6.66. The highest BCUT2D eigenvalue weighted by Gasteiger charge is 2.24. The molecule has 0 aromatic heterocycles. The lowest BCUT2D eigenvalue weighted by molar-refractivity contribution is 0.0696. The van der Waals surface area contributed by atoms with Gasteiger partial charge in [0.1, 0.15) is 17.7 Å². The van der Waals surface area contributed by atoms with Crippen LogP contribution in [0.1, 0.15) is 52.7 Å². The van der Waals surface area contributed by atoms with Gasteiger partial charge >= 0.3 is 5.97 Å². The smallest absolute Gasteiger partial charge is 0.335 e. The molecule has 2 aromatic carbocycles. The average Bonchev–Trinajstić information content (AvgIpc) is 3.10. The Morgan fingerprint density at radius 3 is 2.87 bits per heavy atom. The molecule has 31 heavy (non-hydrogen) atoms. The van der Waals surface area contributed by atoms with E-state index in [1.54, 1.807) is 30.3 Å². The number of fused-ring (bicyclic) bond motifs is 1. The molecular formula is C25H27F2NO3. The minimum atomic E-state index is -0.962. The van der Waals surface area contributed by atoms with Crippen LogP contribution in [-0.4, -0.2) is 48.4 Å². The molecule has 0 spiro atoms. The molecule has 1 heterocycles. The lowest BCUT2D eigenvalue weighted by Gasteiger charge is -2.18. The number of carboxylic acid groups (broad SMARTS) is 1.